The zero-order valence-corrected chi connectivity index (χ0v) is 18.1. The van der Waals surface area contributed by atoms with Crippen molar-refractivity contribution >= 4 is 11.9 Å². The Kier molecular flexibility index (Phi) is 10.6. The Morgan fingerprint density at radius 1 is 1.04 bits per heavy atom. The molecule has 0 aromatic carbocycles. The number of hydrogen-bond donors (Lipinski definition) is 2. The Balaban J connectivity index is 1.69. The molecule has 0 aliphatic carbocycles. The van der Waals surface area contributed by atoms with Gasteiger partial charge in [0, 0.05) is 46.8 Å². The molecule has 0 spiro atoms. The minimum Gasteiger partial charge on any atom is -0.379 e. The summed E-state index contributed by atoms with van der Waals surface area (Å²) in [5, 5.41) is 6.78. The number of piperidine rings is 1. The van der Waals surface area contributed by atoms with Crippen LogP contribution in [0.4, 0.5) is 0 Å². The summed E-state index contributed by atoms with van der Waals surface area (Å²) in [5.41, 5.74) is 0. The van der Waals surface area contributed by atoms with Gasteiger partial charge in [-0.1, -0.05) is 6.92 Å². The van der Waals surface area contributed by atoms with Crippen molar-refractivity contribution in [2.75, 3.05) is 86.2 Å². The fourth-order valence-electron chi connectivity index (χ4n) is 3.41. The maximum atomic E-state index is 11.9. The summed E-state index contributed by atoms with van der Waals surface area (Å²) >= 11 is 0. The first-order valence-electron chi connectivity index (χ1n) is 10.8. The molecule has 0 bridgehead atoms. The highest BCUT2D eigenvalue weighted by molar-refractivity contribution is 5.84. The van der Waals surface area contributed by atoms with E-state index in [1.807, 2.05) is 0 Å². The Bertz CT molecular complexity index is 471. The van der Waals surface area contributed by atoms with Crippen LogP contribution in [0.15, 0.2) is 4.99 Å². The van der Waals surface area contributed by atoms with Gasteiger partial charge in [-0.05, 0) is 44.8 Å². The minimum absolute atomic E-state index is 0.0108. The lowest BCUT2D eigenvalue weighted by Gasteiger charge is -2.30. The third kappa shape index (κ3) is 9.21. The second-order valence-corrected chi connectivity index (χ2v) is 8.14. The molecule has 2 N–H and O–H groups in total. The SMILES string of the molecule is CC1CCN(CCCNC(=NCC(=O)N(C)C)NCCN2CCOCC2)CC1. The molecule has 8 nitrogen and oxygen atoms in total. The average molecular weight is 397 g/mol. The van der Waals surface area contributed by atoms with Crippen LogP contribution >= 0.6 is 0 Å². The first kappa shape index (κ1) is 22.9. The molecule has 2 aliphatic rings. The van der Waals surface area contributed by atoms with Crippen molar-refractivity contribution < 1.29 is 9.53 Å². The number of carbonyl (C=O) groups excluding carboxylic acids is 1. The van der Waals surface area contributed by atoms with Crippen molar-refractivity contribution in [1.82, 2.24) is 25.3 Å². The zero-order valence-electron chi connectivity index (χ0n) is 18.1. The smallest absolute Gasteiger partial charge is 0.243 e. The molecule has 0 aromatic heterocycles. The van der Waals surface area contributed by atoms with E-state index in [2.05, 4.69) is 32.3 Å². The number of aliphatic imine (C=N–C) groups is 1. The summed E-state index contributed by atoms with van der Waals surface area (Å²) in [6.45, 7) is 12.3. The normalized spacial score (nSPS) is 20.2. The van der Waals surface area contributed by atoms with Crippen molar-refractivity contribution in [3.8, 4) is 0 Å². The molecule has 2 aliphatic heterocycles. The topological polar surface area (TPSA) is 72.4 Å². The van der Waals surface area contributed by atoms with E-state index in [0.29, 0.717) is 0 Å². The number of nitrogens with zero attached hydrogens (tertiary/aromatic N) is 4. The lowest BCUT2D eigenvalue weighted by atomic mass is 9.99. The second-order valence-electron chi connectivity index (χ2n) is 8.14. The van der Waals surface area contributed by atoms with E-state index in [9.17, 15) is 4.79 Å². The van der Waals surface area contributed by atoms with Gasteiger partial charge in [0.25, 0.3) is 0 Å². The van der Waals surface area contributed by atoms with Crippen LogP contribution in [-0.4, -0.2) is 113 Å². The second kappa shape index (κ2) is 13.0. The standard InChI is InChI=1S/C20H40N6O2/c1-18-5-10-25(11-6-18)9-4-7-21-20(23-17-19(27)24(2)3)22-8-12-26-13-15-28-16-14-26/h18H,4-17H2,1-3H3,(H2,21,22,23). The third-order valence-corrected chi connectivity index (χ3v) is 5.52. The van der Waals surface area contributed by atoms with Gasteiger partial charge in [0.15, 0.2) is 5.96 Å². The molecule has 8 heteroatoms. The van der Waals surface area contributed by atoms with E-state index in [1.165, 1.54) is 25.9 Å². The summed E-state index contributed by atoms with van der Waals surface area (Å²) in [7, 11) is 3.52. The lowest BCUT2D eigenvalue weighted by Crippen LogP contribution is -2.45. The minimum atomic E-state index is 0.0108. The summed E-state index contributed by atoms with van der Waals surface area (Å²) in [6, 6.07) is 0. The van der Waals surface area contributed by atoms with E-state index in [-0.39, 0.29) is 12.5 Å². The van der Waals surface area contributed by atoms with Gasteiger partial charge in [-0.2, -0.15) is 0 Å². The molecule has 0 unspecified atom stereocenters. The van der Waals surface area contributed by atoms with Gasteiger partial charge in [-0.3, -0.25) is 9.69 Å². The molecule has 1 amide bonds. The largest absolute Gasteiger partial charge is 0.379 e. The average Bonchev–Trinajstić information content (AvgIpc) is 2.70. The van der Waals surface area contributed by atoms with Crippen LogP contribution in [0.3, 0.4) is 0 Å². The molecule has 0 radical (unpaired) electrons. The van der Waals surface area contributed by atoms with E-state index >= 15 is 0 Å². The molecule has 0 aromatic rings. The van der Waals surface area contributed by atoms with Crippen LogP contribution < -0.4 is 10.6 Å². The van der Waals surface area contributed by atoms with Crippen molar-refractivity contribution in [3.05, 3.63) is 0 Å². The highest BCUT2D eigenvalue weighted by Crippen LogP contribution is 2.15. The first-order chi connectivity index (χ1) is 13.5. The van der Waals surface area contributed by atoms with E-state index in [1.54, 1.807) is 19.0 Å². The fraction of sp³-hybridized carbons (Fsp3) is 0.900. The van der Waals surface area contributed by atoms with Crippen LogP contribution in [-0.2, 0) is 9.53 Å². The monoisotopic (exact) mass is 396 g/mol. The zero-order chi connectivity index (χ0) is 20.2. The Morgan fingerprint density at radius 2 is 1.68 bits per heavy atom. The number of nitrogens with one attached hydrogen (secondary N) is 2. The van der Waals surface area contributed by atoms with Crippen molar-refractivity contribution in [1.29, 1.82) is 0 Å². The van der Waals surface area contributed by atoms with Gasteiger partial charge in [0.05, 0.1) is 13.2 Å². The molecule has 2 heterocycles. The van der Waals surface area contributed by atoms with Gasteiger partial charge < -0.3 is 25.2 Å². The molecule has 0 saturated carbocycles. The van der Waals surface area contributed by atoms with Crippen LogP contribution in [0.2, 0.25) is 0 Å². The summed E-state index contributed by atoms with van der Waals surface area (Å²) < 4.78 is 5.39. The van der Waals surface area contributed by atoms with Crippen molar-refractivity contribution in [2.24, 2.45) is 10.9 Å². The predicted octanol–water partition coefficient (Wildman–Crippen LogP) is 0.0640. The van der Waals surface area contributed by atoms with Gasteiger partial charge in [-0.15, -0.1) is 0 Å². The summed E-state index contributed by atoms with van der Waals surface area (Å²) in [4.78, 5) is 22.9. The maximum absolute atomic E-state index is 11.9. The highest BCUT2D eigenvalue weighted by Gasteiger charge is 2.15. The Morgan fingerprint density at radius 3 is 2.36 bits per heavy atom. The van der Waals surface area contributed by atoms with Crippen LogP contribution in [0.5, 0.6) is 0 Å². The molecule has 28 heavy (non-hydrogen) atoms. The predicted molar refractivity (Wildman–Crippen MR) is 114 cm³/mol. The third-order valence-electron chi connectivity index (χ3n) is 5.52. The Labute approximate surface area is 170 Å². The van der Waals surface area contributed by atoms with Gasteiger partial charge in [0.1, 0.15) is 6.54 Å². The molecule has 2 saturated heterocycles. The van der Waals surface area contributed by atoms with Crippen LogP contribution in [0, 0.1) is 5.92 Å². The highest BCUT2D eigenvalue weighted by atomic mass is 16.5. The fourth-order valence-corrected chi connectivity index (χ4v) is 3.41. The number of likely N-dealkylation sites (N-methyl/N-ethyl adjacent to an activating group) is 1. The molecule has 2 fully saturated rings. The summed E-state index contributed by atoms with van der Waals surface area (Å²) in [6.07, 6.45) is 3.71. The number of amides is 1. The molecule has 2 rings (SSSR count). The van der Waals surface area contributed by atoms with E-state index in [4.69, 9.17) is 4.74 Å². The number of hydrogen-bond acceptors (Lipinski definition) is 5. The number of morpholine rings is 1. The first-order valence-corrected chi connectivity index (χ1v) is 10.8. The van der Waals surface area contributed by atoms with E-state index < -0.39 is 0 Å². The van der Waals surface area contributed by atoms with Gasteiger partial charge in [-0.25, -0.2) is 4.99 Å². The Hall–Kier alpha value is -1.38. The lowest BCUT2D eigenvalue weighted by molar-refractivity contribution is -0.127. The quantitative estimate of drug-likeness (QED) is 0.326. The summed E-state index contributed by atoms with van der Waals surface area (Å²) in [5.74, 6) is 1.62. The number of likely N-dealkylation sites (tertiary alicyclic amines) is 1. The maximum Gasteiger partial charge on any atom is 0.243 e. The van der Waals surface area contributed by atoms with Gasteiger partial charge >= 0.3 is 0 Å². The van der Waals surface area contributed by atoms with Gasteiger partial charge in [0.2, 0.25) is 5.91 Å². The number of ether oxygens (including phenoxy) is 1. The molecular weight excluding hydrogens is 356 g/mol. The van der Waals surface area contributed by atoms with Crippen molar-refractivity contribution in [3.63, 3.8) is 0 Å². The number of carbonyl (C=O) groups is 1. The van der Waals surface area contributed by atoms with Crippen LogP contribution in [0.1, 0.15) is 26.2 Å². The van der Waals surface area contributed by atoms with Crippen LogP contribution in [0.25, 0.3) is 0 Å². The molecule has 162 valence electrons. The molecule has 0 atom stereocenters. The van der Waals surface area contributed by atoms with Crippen molar-refractivity contribution in [2.45, 2.75) is 26.2 Å². The molecular formula is C20H40N6O2. The number of guanidine groups is 1. The number of rotatable bonds is 9. The van der Waals surface area contributed by atoms with E-state index in [0.717, 1.165) is 70.8 Å².